The van der Waals surface area contributed by atoms with Crippen LogP contribution in [0.4, 0.5) is 22.0 Å². The van der Waals surface area contributed by atoms with Gasteiger partial charge in [-0.25, -0.2) is 13.9 Å². The molecule has 1 N–H and O–H groups in total. The van der Waals surface area contributed by atoms with E-state index in [0.29, 0.717) is 44.3 Å². The highest BCUT2D eigenvalue weighted by Crippen LogP contribution is 2.38. The lowest BCUT2D eigenvalue weighted by Crippen LogP contribution is -2.39. The van der Waals surface area contributed by atoms with Gasteiger partial charge in [-0.3, -0.25) is 9.59 Å². The minimum atomic E-state index is -4.54. The van der Waals surface area contributed by atoms with Gasteiger partial charge in [-0.1, -0.05) is 12.1 Å². The molecule has 5 rings (SSSR count). The van der Waals surface area contributed by atoms with Gasteiger partial charge in [-0.05, 0) is 49.3 Å². The molecule has 8 nitrogen and oxygen atoms in total. The van der Waals surface area contributed by atoms with E-state index in [0.717, 1.165) is 6.07 Å². The molecule has 0 aliphatic carbocycles. The standard InChI is InChI=1S/C26H27F5N6O2/c27-20-3-1-2-18(23(20)28)17-5-4-16(24-34-33-21(37(24)14-17)13-26(29,30)31)12-22(38)36-10-7-15(8-11-36)19-6-9-32-35-25(19)39/h1-3,6,9,15-17H,4-5,7-8,10-14H2,(H,35,39)/t16-,17+/m1/s1. The zero-order valence-electron chi connectivity index (χ0n) is 20.9. The first kappa shape index (κ1) is 26.9. The molecule has 3 aromatic rings. The largest absolute Gasteiger partial charge is 0.396 e. The fourth-order valence-electron chi connectivity index (χ4n) is 5.74. The van der Waals surface area contributed by atoms with Crippen LogP contribution in [-0.4, -0.2) is 55.0 Å². The number of piperidine rings is 1. The van der Waals surface area contributed by atoms with Crippen molar-refractivity contribution >= 4 is 5.91 Å². The monoisotopic (exact) mass is 550 g/mol. The van der Waals surface area contributed by atoms with Crippen molar-refractivity contribution < 1.29 is 26.7 Å². The molecule has 0 unspecified atom stereocenters. The predicted octanol–water partition coefficient (Wildman–Crippen LogP) is 4.20. The number of hydrogen-bond donors (Lipinski definition) is 1. The summed E-state index contributed by atoms with van der Waals surface area (Å²) in [6, 6.07) is 5.47. The molecule has 1 amide bonds. The van der Waals surface area contributed by atoms with Crippen LogP contribution in [0.15, 0.2) is 35.3 Å². The van der Waals surface area contributed by atoms with Crippen LogP contribution < -0.4 is 5.56 Å². The maximum absolute atomic E-state index is 14.6. The third-order valence-corrected chi connectivity index (χ3v) is 7.73. The van der Waals surface area contributed by atoms with Gasteiger partial charge in [0.2, 0.25) is 5.91 Å². The van der Waals surface area contributed by atoms with Crippen LogP contribution >= 0.6 is 0 Å². The molecule has 4 heterocycles. The zero-order valence-corrected chi connectivity index (χ0v) is 20.9. The number of carbonyl (C=O) groups is 1. The molecule has 2 aliphatic rings. The zero-order chi connectivity index (χ0) is 27.7. The molecule has 0 spiro atoms. The molecule has 0 saturated carbocycles. The molecule has 2 atom stereocenters. The topological polar surface area (TPSA) is 96.8 Å². The third kappa shape index (κ3) is 5.86. The number of halogens is 5. The Morgan fingerprint density at radius 1 is 1.00 bits per heavy atom. The van der Waals surface area contributed by atoms with E-state index in [-0.39, 0.29) is 47.6 Å². The number of aromatic amines is 1. The normalized spacial score (nSPS) is 20.5. The number of carbonyl (C=O) groups excluding carboxylic acids is 1. The van der Waals surface area contributed by atoms with Crippen molar-refractivity contribution in [2.75, 3.05) is 13.1 Å². The number of aromatic nitrogens is 5. The molecule has 0 bridgehead atoms. The first-order valence-corrected chi connectivity index (χ1v) is 12.8. The van der Waals surface area contributed by atoms with Gasteiger partial charge < -0.3 is 9.47 Å². The summed E-state index contributed by atoms with van der Waals surface area (Å²) in [4.78, 5) is 27.1. The van der Waals surface area contributed by atoms with E-state index in [9.17, 15) is 31.5 Å². The number of nitrogens with zero attached hydrogens (tertiary/aromatic N) is 5. The summed E-state index contributed by atoms with van der Waals surface area (Å²) in [5.74, 6) is -3.45. The number of likely N-dealkylation sites (tertiary alicyclic amines) is 1. The fourth-order valence-corrected chi connectivity index (χ4v) is 5.74. The van der Waals surface area contributed by atoms with Crippen molar-refractivity contribution in [2.45, 2.75) is 69.0 Å². The molecule has 208 valence electrons. The number of H-pyrrole nitrogens is 1. The number of rotatable bonds is 5. The SMILES string of the molecule is O=C(C[C@H]1CC[C@H](c2cccc(F)c2F)Cn2c(CC(F)(F)F)nnc21)N1CCC(c2ccn[nH]c2=O)CC1. The lowest BCUT2D eigenvalue weighted by atomic mass is 9.88. The van der Waals surface area contributed by atoms with Gasteiger partial charge >= 0.3 is 6.18 Å². The van der Waals surface area contributed by atoms with Gasteiger partial charge in [0.05, 0.1) is 0 Å². The van der Waals surface area contributed by atoms with Crippen LogP contribution in [0.25, 0.3) is 0 Å². The van der Waals surface area contributed by atoms with Gasteiger partial charge in [0.15, 0.2) is 11.6 Å². The van der Waals surface area contributed by atoms with Crippen LogP contribution in [0.2, 0.25) is 0 Å². The average Bonchev–Trinajstić information content (AvgIpc) is 3.18. The molecule has 2 aromatic heterocycles. The van der Waals surface area contributed by atoms with Crippen LogP contribution in [-0.2, 0) is 17.8 Å². The lowest BCUT2D eigenvalue weighted by Gasteiger charge is -2.32. The predicted molar refractivity (Wildman–Crippen MR) is 129 cm³/mol. The minimum absolute atomic E-state index is 0.00299. The Hall–Kier alpha value is -3.64. The van der Waals surface area contributed by atoms with E-state index in [1.54, 1.807) is 11.0 Å². The molecule has 1 aromatic carbocycles. The van der Waals surface area contributed by atoms with Crippen LogP contribution in [0.3, 0.4) is 0 Å². The second kappa shape index (κ2) is 10.9. The highest BCUT2D eigenvalue weighted by atomic mass is 19.4. The van der Waals surface area contributed by atoms with Crippen LogP contribution in [0.1, 0.15) is 72.6 Å². The summed E-state index contributed by atoms with van der Waals surface area (Å²) in [6.45, 7) is 0.812. The maximum Gasteiger partial charge on any atom is 0.396 e. The summed E-state index contributed by atoms with van der Waals surface area (Å²) in [6.07, 6.45) is -2.47. The van der Waals surface area contributed by atoms with E-state index < -0.39 is 36.1 Å². The summed E-state index contributed by atoms with van der Waals surface area (Å²) >= 11 is 0. The highest BCUT2D eigenvalue weighted by molar-refractivity contribution is 5.77. The first-order chi connectivity index (χ1) is 18.6. The smallest absolute Gasteiger partial charge is 0.343 e. The molecular formula is C26H27F5N6O2. The number of fused-ring (bicyclic) bond motifs is 1. The van der Waals surface area contributed by atoms with Gasteiger partial charge in [-0.15, -0.1) is 10.2 Å². The Morgan fingerprint density at radius 3 is 2.49 bits per heavy atom. The van der Waals surface area contributed by atoms with E-state index in [4.69, 9.17) is 0 Å². The lowest BCUT2D eigenvalue weighted by molar-refractivity contribution is -0.133. The fraction of sp³-hybridized carbons (Fsp3) is 0.500. The Labute approximate surface area is 220 Å². The number of alkyl halides is 3. The van der Waals surface area contributed by atoms with Crippen molar-refractivity contribution in [2.24, 2.45) is 0 Å². The van der Waals surface area contributed by atoms with Gasteiger partial charge in [0, 0.05) is 49.7 Å². The molecule has 2 aliphatic heterocycles. The summed E-state index contributed by atoms with van der Waals surface area (Å²) < 4.78 is 69.8. The van der Waals surface area contributed by atoms with Crippen LogP contribution in [0, 0.1) is 11.6 Å². The van der Waals surface area contributed by atoms with Crippen molar-refractivity contribution in [1.29, 1.82) is 0 Å². The number of nitrogens with one attached hydrogen (secondary N) is 1. The number of amides is 1. The molecule has 13 heteroatoms. The van der Waals surface area contributed by atoms with Gasteiger partial charge in [0.1, 0.15) is 18.1 Å². The van der Waals surface area contributed by atoms with Crippen molar-refractivity contribution in [3.05, 3.63) is 75.2 Å². The average molecular weight is 551 g/mol. The Balaban J connectivity index is 1.34. The molecule has 1 saturated heterocycles. The van der Waals surface area contributed by atoms with Gasteiger partial charge in [-0.2, -0.15) is 18.3 Å². The Kier molecular flexibility index (Phi) is 7.50. The highest BCUT2D eigenvalue weighted by Gasteiger charge is 2.37. The minimum Gasteiger partial charge on any atom is -0.343 e. The molecular weight excluding hydrogens is 523 g/mol. The number of hydrogen-bond acceptors (Lipinski definition) is 5. The Bertz CT molecular complexity index is 1400. The van der Waals surface area contributed by atoms with Crippen LogP contribution in [0.5, 0.6) is 0 Å². The maximum atomic E-state index is 14.6. The molecule has 1 fully saturated rings. The summed E-state index contributed by atoms with van der Waals surface area (Å²) in [5.41, 5.74) is 0.452. The van der Waals surface area contributed by atoms with Crippen molar-refractivity contribution in [1.82, 2.24) is 29.9 Å². The van der Waals surface area contributed by atoms with E-state index >= 15 is 0 Å². The number of benzene rings is 1. The quantitative estimate of drug-likeness (QED) is 0.481. The Morgan fingerprint density at radius 2 is 1.77 bits per heavy atom. The summed E-state index contributed by atoms with van der Waals surface area (Å²) in [5, 5.41) is 14.0. The van der Waals surface area contributed by atoms with E-state index in [1.165, 1.54) is 22.9 Å². The van der Waals surface area contributed by atoms with E-state index in [1.807, 2.05) is 0 Å². The van der Waals surface area contributed by atoms with Crippen molar-refractivity contribution in [3.8, 4) is 0 Å². The first-order valence-electron chi connectivity index (χ1n) is 12.8. The summed E-state index contributed by atoms with van der Waals surface area (Å²) in [7, 11) is 0. The third-order valence-electron chi connectivity index (χ3n) is 7.73. The molecule has 39 heavy (non-hydrogen) atoms. The van der Waals surface area contributed by atoms with Crippen molar-refractivity contribution in [3.63, 3.8) is 0 Å². The van der Waals surface area contributed by atoms with Gasteiger partial charge in [0.25, 0.3) is 5.56 Å². The van der Waals surface area contributed by atoms with E-state index in [2.05, 4.69) is 20.4 Å². The second-order valence-electron chi connectivity index (χ2n) is 10.2. The second-order valence-corrected chi connectivity index (χ2v) is 10.2. The molecule has 0 radical (unpaired) electrons.